The first kappa shape index (κ1) is 16.0. The van der Waals surface area contributed by atoms with Gasteiger partial charge in [-0.1, -0.05) is 25.1 Å². The molecule has 4 heteroatoms. The lowest BCUT2D eigenvalue weighted by atomic mass is 9.70. The van der Waals surface area contributed by atoms with E-state index in [1.165, 1.54) is 0 Å². The van der Waals surface area contributed by atoms with Crippen LogP contribution in [0.2, 0.25) is 0 Å². The summed E-state index contributed by atoms with van der Waals surface area (Å²) < 4.78 is 5.19. The van der Waals surface area contributed by atoms with Gasteiger partial charge in [-0.2, -0.15) is 0 Å². The standard InChI is InChI=1S/C17H26N2O2/c1-13-7-9-17(12-18,10-8-13)16(20)19-15-6-4-3-5-14(15)11-21-2/h3-6,13H,7-12,18H2,1-2H3,(H,19,20). The van der Waals surface area contributed by atoms with Gasteiger partial charge in [0.2, 0.25) is 5.91 Å². The second-order valence-electron chi connectivity index (χ2n) is 6.21. The highest BCUT2D eigenvalue weighted by atomic mass is 16.5. The minimum Gasteiger partial charge on any atom is -0.380 e. The summed E-state index contributed by atoms with van der Waals surface area (Å²) in [6.45, 7) is 3.15. The van der Waals surface area contributed by atoms with Crippen molar-refractivity contribution in [3.8, 4) is 0 Å². The van der Waals surface area contributed by atoms with Crippen LogP contribution < -0.4 is 11.1 Å². The Kier molecular flexibility index (Phi) is 5.37. The van der Waals surface area contributed by atoms with Crippen molar-refractivity contribution in [2.24, 2.45) is 17.1 Å². The second-order valence-corrected chi connectivity index (χ2v) is 6.21. The maximum absolute atomic E-state index is 12.8. The maximum Gasteiger partial charge on any atom is 0.231 e. The van der Waals surface area contributed by atoms with Crippen molar-refractivity contribution < 1.29 is 9.53 Å². The molecule has 0 spiro atoms. The zero-order valence-corrected chi connectivity index (χ0v) is 13.0. The van der Waals surface area contributed by atoms with Crippen LogP contribution in [0.15, 0.2) is 24.3 Å². The van der Waals surface area contributed by atoms with E-state index in [1.54, 1.807) is 7.11 Å². The third kappa shape index (κ3) is 3.63. The van der Waals surface area contributed by atoms with Gasteiger partial charge in [-0.25, -0.2) is 0 Å². The molecule has 1 amide bonds. The van der Waals surface area contributed by atoms with Crippen LogP contribution >= 0.6 is 0 Å². The van der Waals surface area contributed by atoms with Crippen molar-refractivity contribution in [3.05, 3.63) is 29.8 Å². The van der Waals surface area contributed by atoms with Crippen LogP contribution in [0.5, 0.6) is 0 Å². The summed E-state index contributed by atoms with van der Waals surface area (Å²) in [7, 11) is 1.66. The number of hydrogen-bond acceptors (Lipinski definition) is 3. The third-order valence-electron chi connectivity index (χ3n) is 4.67. The van der Waals surface area contributed by atoms with Crippen molar-refractivity contribution >= 4 is 11.6 Å². The Morgan fingerprint density at radius 1 is 1.38 bits per heavy atom. The molecule has 1 aromatic carbocycles. The normalized spacial score (nSPS) is 25.6. The number of nitrogens with one attached hydrogen (secondary N) is 1. The Hall–Kier alpha value is -1.39. The summed E-state index contributed by atoms with van der Waals surface area (Å²) in [6.07, 6.45) is 3.90. The average Bonchev–Trinajstić information content (AvgIpc) is 2.50. The van der Waals surface area contributed by atoms with Gasteiger partial charge in [0.05, 0.1) is 12.0 Å². The summed E-state index contributed by atoms with van der Waals surface area (Å²) in [6, 6.07) is 7.76. The highest BCUT2D eigenvalue weighted by Gasteiger charge is 2.39. The number of carbonyl (C=O) groups excluding carboxylic acids is 1. The quantitative estimate of drug-likeness (QED) is 0.876. The van der Waals surface area contributed by atoms with Gasteiger partial charge in [-0.15, -0.1) is 0 Å². The number of ether oxygens (including phenoxy) is 1. The summed E-state index contributed by atoms with van der Waals surface area (Å²) >= 11 is 0. The van der Waals surface area contributed by atoms with E-state index in [0.717, 1.165) is 36.9 Å². The van der Waals surface area contributed by atoms with Crippen molar-refractivity contribution in [1.29, 1.82) is 0 Å². The van der Waals surface area contributed by atoms with Gasteiger partial charge in [0.15, 0.2) is 0 Å². The van der Waals surface area contributed by atoms with E-state index in [0.29, 0.717) is 19.1 Å². The molecule has 1 aliphatic rings. The fourth-order valence-electron chi connectivity index (χ4n) is 3.02. The molecule has 0 aromatic heterocycles. The Balaban J connectivity index is 2.13. The molecule has 0 saturated heterocycles. The lowest BCUT2D eigenvalue weighted by molar-refractivity contribution is -0.127. The number of carbonyl (C=O) groups is 1. The molecule has 0 aliphatic heterocycles. The predicted molar refractivity (Wildman–Crippen MR) is 84.9 cm³/mol. The number of methoxy groups -OCH3 is 1. The lowest BCUT2D eigenvalue weighted by Crippen LogP contribution is -2.45. The SMILES string of the molecule is COCc1ccccc1NC(=O)C1(CN)CCC(C)CC1. The molecule has 0 bridgehead atoms. The zero-order chi connectivity index (χ0) is 15.3. The third-order valence-corrected chi connectivity index (χ3v) is 4.67. The molecule has 0 heterocycles. The number of benzene rings is 1. The number of anilines is 1. The topological polar surface area (TPSA) is 64.3 Å². The van der Waals surface area contributed by atoms with E-state index in [2.05, 4.69) is 12.2 Å². The molecule has 0 atom stereocenters. The van der Waals surface area contributed by atoms with Crippen LogP contribution in [0, 0.1) is 11.3 Å². The zero-order valence-electron chi connectivity index (χ0n) is 13.0. The van der Waals surface area contributed by atoms with Gasteiger partial charge in [0, 0.05) is 24.9 Å². The molecule has 0 radical (unpaired) electrons. The minimum absolute atomic E-state index is 0.0560. The fourth-order valence-corrected chi connectivity index (χ4v) is 3.02. The monoisotopic (exact) mass is 290 g/mol. The molecule has 1 fully saturated rings. The maximum atomic E-state index is 12.8. The Morgan fingerprint density at radius 2 is 2.05 bits per heavy atom. The molecule has 3 N–H and O–H groups in total. The molecular formula is C17H26N2O2. The summed E-state index contributed by atoms with van der Waals surface area (Å²) in [4.78, 5) is 12.8. The molecule has 0 unspecified atom stereocenters. The Bertz CT molecular complexity index is 479. The molecular weight excluding hydrogens is 264 g/mol. The number of rotatable bonds is 5. The average molecular weight is 290 g/mol. The lowest BCUT2D eigenvalue weighted by Gasteiger charge is -2.37. The second kappa shape index (κ2) is 7.05. The van der Waals surface area contributed by atoms with Crippen LogP contribution in [0.3, 0.4) is 0 Å². The molecule has 21 heavy (non-hydrogen) atoms. The first-order chi connectivity index (χ1) is 10.1. The van der Waals surface area contributed by atoms with Crippen LogP contribution in [0.1, 0.15) is 38.2 Å². The molecule has 4 nitrogen and oxygen atoms in total. The smallest absolute Gasteiger partial charge is 0.231 e. The highest BCUT2D eigenvalue weighted by molar-refractivity contribution is 5.96. The van der Waals surface area contributed by atoms with Gasteiger partial charge >= 0.3 is 0 Å². The summed E-state index contributed by atoms with van der Waals surface area (Å²) in [5, 5.41) is 3.07. The first-order valence-corrected chi connectivity index (χ1v) is 7.69. The fraction of sp³-hybridized carbons (Fsp3) is 0.588. The van der Waals surface area contributed by atoms with Crippen molar-refractivity contribution in [1.82, 2.24) is 0 Å². The molecule has 1 aliphatic carbocycles. The molecule has 2 rings (SSSR count). The van der Waals surface area contributed by atoms with Crippen LogP contribution in [0.4, 0.5) is 5.69 Å². The summed E-state index contributed by atoms with van der Waals surface area (Å²) in [5.74, 6) is 0.749. The van der Waals surface area contributed by atoms with Crippen molar-refractivity contribution in [3.63, 3.8) is 0 Å². The van der Waals surface area contributed by atoms with Crippen LogP contribution in [-0.4, -0.2) is 19.6 Å². The van der Waals surface area contributed by atoms with Gasteiger partial charge in [-0.05, 0) is 37.7 Å². The highest BCUT2D eigenvalue weighted by Crippen LogP contribution is 2.39. The largest absolute Gasteiger partial charge is 0.380 e. The van der Waals surface area contributed by atoms with E-state index in [-0.39, 0.29) is 5.91 Å². The molecule has 1 saturated carbocycles. The Labute approximate surface area is 127 Å². The van der Waals surface area contributed by atoms with Gasteiger partial charge in [0.25, 0.3) is 0 Å². The molecule has 116 valence electrons. The molecule has 1 aromatic rings. The van der Waals surface area contributed by atoms with E-state index >= 15 is 0 Å². The van der Waals surface area contributed by atoms with E-state index in [1.807, 2.05) is 24.3 Å². The number of nitrogens with two attached hydrogens (primary N) is 1. The number of hydrogen-bond donors (Lipinski definition) is 2. The number of para-hydroxylation sites is 1. The van der Waals surface area contributed by atoms with Gasteiger partial charge in [-0.3, -0.25) is 4.79 Å². The first-order valence-electron chi connectivity index (χ1n) is 7.69. The summed E-state index contributed by atoms with van der Waals surface area (Å²) in [5.41, 5.74) is 7.36. The van der Waals surface area contributed by atoms with Gasteiger partial charge in [0.1, 0.15) is 0 Å². The van der Waals surface area contributed by atoms with Crippen molar-refractivity contribution in [2.75, 3.05) is 19.0 Å². The van der Waals surface area contributed by atoms with E-state index < -0.39 is 5.41 Å². The van der Waals surface area contributed by atoms with E-state index in [4.69, 9.17) is 10.5 Å². The van der Waals surface area contributed by atoms with Crippen LogP contribution in [-0.2, 0) is 16.1 Å². The van der Waals surface area contributed by atoms with Crippen molar-refractivity contribution in [2.45, 2.75) is 39.2 Å². The van der Waals surface area contributed by atoms with Crippen LogP contribution in [0.25, 0.3) is 0 Å². The Morgan fingerprint density at radius 3 is 2.67 bits per heavy atom. The predicted octanol–water partition coefficient (Wildman–Crippen LogP) is 2.93. The number of amides is 1. The minimum atomic E-state index is -0.410. The van der Waals surface area contributed by atoms with E-state index in [9.17, 15) is 4.79 Å². The van der Waals surface area contributed by atoms with Gasteiger partial charge < -0.3 is 15.8 Å².